The van der Waals surface area contributed by atoms with Crippen molar-refractivity contribution < 1.29 is 4.79 Å². The highest BCUT2D eigenvalue weighted by Crippen LogP contribution is 2.17. The molecule has 0 saturated heterocycles. The summed E-state index contributed by atoms with van der Waals surface area (Å²) in [5, 5.41) is 5.61. The second kappa shape index (κ2) is 4.81. The van der Waals surface area contributed by atoms with Crippen LogP contribution in [0.2, 0.25) is 0 Å². The van der Waals surface area contributed by atoms with E-state index in [9.17, 15) is 4.79 Å². The van der Waals surface area contributed by atoms with Crippen LogP contribution in [0, 0.1) is 0 Å². The Hall–Kier alpha value is -1.81. The molecule has 0 bridgehead atoms. The summed E-state index contributed by atoms with van der Waals surface area (Å²) in [4.78, 5) is 13.4. The summed E-state index contributed by atoms with van der Waals surface area (Å²) in [5.74, 6) is 0. The van der Waals surface area contributed by atoms with E-state index in [1.165, 1.54) is 11.3 Å². The molecule has 3 nitrogen and oxygen atoms in total. The van der Waals surface area contributed by atoms with Crippen molar-refractivity contribution in [3.8, 4) is 0 Å². The van der Waals surface area contributed by atoms with Crippen LogP contribution in [-0.4, -0.2) is 13.1 Å². The predicted octanol–water partition coefficient (Wildman–Crippen LogP) is 3.42. The Morgan fingerprint density at radius 1 is 1.19 bits per heavy atom. The number of carbonyl (C=O) groups is 1. The van der Waals surface area contributed by atoms with E-state index < -0.39 is 0 Å². The number of anilines is 2. The highest BCUT2D eigenvalue weighted by molar-refractivity contribution is 7.14. The van der Waals surface area contributed by atoms with Crippen LogP contribution >= 0.6 is 11.3 Å². The van der Waals surface area contributed by atoms with E-state index in [1.807, 2.05) is 47.8 Å². The van der Waals surface area contributed by atoms with Crippen molar-refractivity contribution in [1.29, 1.82) is 0 Å². The Kier molecular flexibility index (Phi) is 3.22. The summed E-state index contributed by atoms with van der Waals surface area (Å²) in [6, 6.07) is 13.2. The van der Waals surface area contributed by atoms with Gasteiger partial charge in [-0.25, -0.2) is 4.79 Å². The molecule has 2 amide bonds. The molecule has 1 aromatic heterocycles. The normalized spacial score (nSPS) is 9.81. The van der Waals surface area contributed by atoms with Gasteiger partial charge in [-0.05, 0) is 29.6 Å². The Morgan fingerprint density at radius 3 is 2.56 bits per heavy atom. The zero-order valence-electron chi connectivity index (χ0n) is 8.88. The van der Waals surface area contributed by atoms with Gasteiger partial charge in [0.15, 0.2) is 0 Å². The average molecular weight is 232 g/mol. The summed E-state index contributed by atoms with van der Waals surface area (Å²) < 4.78 is 0. The highest BCUT2D eigenvalue weighted by Gasteiger charge is 2.10. The lowest BCUT2D eigenvalue weighted by molar-refractivity contribution is 0.258. The van der Waals surface area contributed by atoms with Crippen LogP contribution in [0.3, 0.4) is 0 Å². The highest BCUT2D eigenvalue weighted by atomic mass is 32.1. The number of para-hydroxylation sites is 1. The first-order valence-corrected chi connectivity index (χ1v) is 5.78. The lowest BCUT2D eigenvalue weighted by atomic mass is 10.3. The monoisotopic (exact) mass is 232 g/mol. The third-order valence-corrected chi connectivity index (χ3v) is 2.98. The average Bonchev–Trinajstić information content (AvgIpc) is 2.82. The lowest BCUT2D eigenvalue weighted by Gasteiger charge is -2.17. The van der Waals surface area contributed by atoms with Gasteiger partial charge in [0.1, 0.15) is 0 Å². The van der Waals surface area contributed by atoms with E-state index in [-0.39, 0.29) is 6.03 Å². The van der Waals surface area contributed by atoms with E-state index in [1.54, 1.807) is 11.9 Å². The van der Waals surface area contributed by atoms with Crippen molar-refractivity contribution in [2.24, 2.45) is 0 Å². The molecule has 1 aromatic carbocycles. The second-order valence-corrected chi connectivity index (χ2v) is 4.25. The molecular weight excluding hydrogens is 220 g/mol. The quantitative estimate of drug-likeness (QED) is 0.845. The Morgan fingerprint density at radius 2 is 1.94 bits per heavy atom. The van der Waals surface area contributed by atoms with Gasteiger partial charge in [-0.2, -0.15) is 0 Å². The topological polar surface area (TPSA) is 32.3 Å². The number of nitrogens with one attached hydrogen (secondary N) is 1. The van der Waals surface area contributed by atoms with Gasteiger partial charge in [-0.1, -0.05) is 18.2 Å². The standard InChI is InChI=1S/C12H12N2OS/c1-14(10-6-3-2-4-7-10)12(15)13-11-8-5-9-16-11/h2-9H,1H3,(H,13,15). The first kappa shape index (κ1) is 10.7. The fourth-order valence-corrected chi connectivity index (χ4v) is 1.91. The number of urea groups is 1. The van der Waals surface area contributed by atoms with E-state index in [4.69, 9.17) is 0 Å². The van der Waals surface area contributed by atoms with Gasteiger partial charge < -0.3 is 0 Å². The molecule has 2 aromatic rings. The molecule has 82 valence electrons. The summed E-state index contributed by atoms with van der Waals surface area (Å²) in [7, 11) is 1.75. The molecule has 0 atom stereocenters. The minimum absolute atomic E-state index is 0.131. The van der Waals surface area contributed by atoms with Crippen LogP contribution in [0.1, 0.15) is 0 Å². The fourth-order valence-electron chi connectivity index (χ4n) is 1.31. The van der Waals surface area contributed by atoms with Crippen molar-refractivity contribution in [1.82, 2.24) is 0 Å². The number of nitrogens with zero attached hydrogens (tertiary/aromatic N) is 1. The molecule has 0 radical (unpaired) electrons. The Balaban J connectivity index is 2.05. The predicted molar refractivity (Wildman–Crippen MR) is 68.2 cm³/mol. The van der Waals surface area contributed by atoms with Gasteiger partial charge in [0.05, 0.1) is 5.00 Å². The van der Waals surface area contributed by atoms with Crippen molar-refractivity contribution in [2.45, 2.75) is 0 Å². The zero-order valence-corrected chi connectivity index (χ0v) is 9.70. The minimum Gasteiger partial charge on any atom is -0.299 e. The van der Waals surface area contributed by atoms with Gasteiger partial charge in [-0.3, -0.25) is 10.2 Å². The van der Waals surface area contributed by atoms with E-state index in [0.717, 1.165) is 10.7 Å². The number of hydrogen-bond donors (Lipinski definition) is 1. The second-order valence-electron chi connectivity index (χ2n) is 3.30. The Bertz CT molecular complexity index is 453. The van der Waals surface area contributed by atoms with Gasteiger partial charge in [0.25, 0.3) is 0 Å². The number of amides is 2. The number of rotatable bonds is 2. The van der Waals surface area contributed by atoms with Gasteiger partial charge >= 0.3 is 6.03 Å². The maximum Gasteiger partial charge on any atom is 0.326 e. The SMILES string of the molecule is CN(C(=O)Nc1cccs1)c1ccccc1. The number of thiophene rings is 1. The number of carbonyl (C=O) groups excluding carboxylic acids is 1. The molecule has 0 unspecified atom stereocenters. The van der Waals surface area contributed by atoms with Crippen LogP contribution in [-0.2, 0) is 0 Å². The van der Waals surface area contributed by atoms with Gasteiger partial charge in [-0.15, -0.1) is 11.3 Å². The molecule has 0 aliphatic rings. The van der Waals surface area contributed by atoms with Crippen molar-refractivity contribution >= 4 is 28.1 Å². The van der Waals surface area contributed by atoms with E-state index in [2.05, 4.69) is 5.32 Å². The third-order valence-electron chi connectivity index (χ3n) is 2.20. The van der Waals surface area contributed by atoms with Crippen molar-refractivity contribution in [2.75, 3.05) is 17.3 Å². The first-order valence-electron chi connectivity index (χ1n) is 4.90. The van der Waals surface area contributed by atoms with Gasteiger partial charge in [0, 0.05) is 12.7 Å². The Labute approximate surface area is 98.3 Å². The molecule has 0 aliphatic heterocycles. The van der Waals surface area contributed by atoms with Crippen LogP contribution in [0.15, 0.2) is 47.8 Å². The molecule has 1 heterocycles. The zero-order chi connectivity index (χ0) is 11.4. The van der Waals surface area contributed by atoms with Gasteiger partial charge in [0.2, 0.25) is 0 Å². The molecule has 0 saturated carbocycles. The molecule has 0 aliphatic carbocycles. The maximum absolute atomic E-state index is 11.8. The molecule has 2 rings (SSSR count). The molecule has 0 fully saturated rings. The molecule has 0 spiro atoms. The van der Waals surface area contributed by atoms with Crippen LogP contribution in [0.4, 0.5) is 15.5 Å². The number of benzene rings is 1. The fraction of sp³-hybridized carbons (Fsp3) is 0.0833. The molecule has 4 heteroatoms. The van der Waals surface area contributed by atoms with Crippen LogP contribution in [0.5, 0.6) is 0 Å². The smallest absolute Gasteiger partial charge is 0.299 e. The third kappa shape index (κ3) is 2.41. The summed E-state index contributed by atoms with van der Waals surface area (Å²) in [6.07, 6.45) is 0. The summed E-state index contributed by atoms with van der Waals surface area (Å²) in [5.41, 5.74) is 0.872. The van der Waals surface area contributed by atoms with E-state index in [0.29, 0.717) is 0 Å². The van der Waals surface area contributed by atoms with Crippen molar-refractivity contribution in [3.63, 3.8) is 0 Å². The molecular formula is C12H12N2OS. The minimum atomic E-state index is -0.131. The summed E-state index contributed by atoms with van der Waals surface area (Å²) >= 11 is 1.51. The maximum atomic E-state index is 11.8. The first-order chi connectivity index (χ1) is 7.77. The van der Waals surface area contributed by atoms with Crippen molar-refractivity contribution in [3.05, 3.63) is 47.8 Å². The number of hydrogen-bond acceptors (Lipinski definition) is 2. The van der Waals surface area contributed by atoms with Crippen LogP contribution in [0.25, 0.3) is 0 Å². The largest absolute Gasteiger partial charge is 0.326 e. The van der Waals surface area contributed by atoms with E-state index >= 15 is 0 Å². The summed E-state index contributed by atoms with van der Waals surface area (Å²) in [6.45, 7) is 0. The lowest BCUT2D eigenvalue weighted by Crippen LogP contribution is -2.30. The molecule has 1 N–H and O–H groups in total. The molecule has 16 heavy (non-hydrogen) atoms. The van der Waals surface area contributed by atoms with Crippen LogP contribution < -0.4 is 10.2 Å².